The SMILES string of the molecule is COc1cc(Nc2c3ccc(Cl)cc3nc3cccc(OC)c23)ccc1N(C)C. The number of nitrogens with one attached hydrogen (secondary N) is 1. The summed E-state index contributed by atoms with van der Waals surface area (Å²) in [5.74, 6) is 1.55. The Morgan fingerprint density at radius 3 is 2.41 bits per heavy atom. The summed E-state index contributed by atoms with van der Waals surface area (Å²) in [4.78, 5) is 6.80. The standard InChI is InChI=1S/C23H22ClN3O2/c1-27(2)19-11-9-15(13-21(19)29-4)25-23-16-10-8-14(24)12-18(16)26-17-6-5-7-20(28-3)22(17)23/h5-13H,1-4H3,(H,25,26). The van der Waals surface area contributed by atoms with Crippen LogP contribution in [-0.2, 0) is 0 Å². The van der Waals surface area contributed by atoms with Crippen molar-refractivity contribution >= 4 is 50.5 Å². The minimum absolute atomic E-state index is 0.648. The minimum Gasteiger partial charge on any atom is -0.496 e. The summed E-state index contributed by atoms with van der Waals surface area (Å²) >= 11 is 6.22. The molecular formula is C23H22ClN3O2. The van der Waals surface area contributed by atoms with E-state index >= 15 is 0 Å². The highest BCUT2D eigenvalue weighted by molar-refractivity contribution is 6.31. The van der Waals surface area contributed by atoms with Gasteiger partial charge in [-0.1, -0.05) is 17.7 Å². The van der Waals surface area contributed by atoms with Crippen molar-refractivity contribution in [1.29, 1.82) is 0 Å². The van der Waals surface area contributed by atoms with Gasteiger partial charge in [-0.15, -0.1) is 0 Å². The molecule has 29 heavy (non-hydrogen) atoms. The molecule has 0 atom stereocenters. The smallest absolute Gasteiger partial charge is 0.144 e. The van der Waals surface area contributed by atoms with E-state index in [1.54, 1.807) is 14.2 Å². The number of halogens is 1. The number of pyridine rings is 1. The summed E-state index contributed by atoms with van der Waals surface area (Å²) in [7, 11) is 7.32. The topological polar surface area (TPSA) is 46.6 Å². The number of anilines is 3. The maximum atomic E-state index is 6.22. The molecule has 0 saturated heterocycles. The van der Waals surface area contributed by atoms with Crippen molar-refractivity contribution < 1.29 is 9.47 Å². The van der Waals surface area contributed by atoms with Crippen LogP contribution < -0.4 is 19.7 Å². The van der Waals surface area contributed by atoms with Crippen LogP contribution in [0.4, 0.5) is 17.1 Å². The molecule has 0 fully saturated rings. The van der Waals surface area contributed by atoms with Crippen molar-refractivity contribution in [2.24, 2.45) is 0 Å². The van der Waals surface area contributed by atoms with Gasteiger partial charge in [-0.05, 0) is 42.5 Å². The lowest BCUT2D eigenvalue weighted by molar-refractivity contribution is 0.415. The predicted octanol–water partition coefficient (Wildman–Crippen LogP) is 5.87. The predicted molar refractivity (Wildman–Crippen MR) is 121 cm³/mol. The number of nitrogens with zero attached hydrogens (tertiary/aromatic N) is 2. The number of hydrogen-bond donors (Lipinski definition) is 1. The van der Waals surface area contributed by atoms with Crippen LogP contribution in [0.1, 0.15) is 0 Å². The van der Waals surface area contributed by atoms with E-state index in [0.717, 1.165) is 50.4 Å². The van der Waals surface area contributed by atoms with Gasteiger partial charge in [0.15, 0.2) is 0 Å². The van der Waals surface area contributed by atoms with Crippen molar-refractivity contribution in [3.63, 3.8) is 0 Å². The van der Waals surface area contributed by atoms with Crippen LogP contribution in [0.5, 0.6) is 11.5 Å². The van der Waals surface area contributed by atoms with Crippen LogP contribution in [0.25, 0.3) is 21.8 Å². The summed E-state index contributed by atoms with van der Waals surface area (Å²) in [5, 5.41) is 6.09. The molecule has 0 saturated carbocycles. The summed E-state index contributed by atoms with van der Waals surface area (Å²) in [6, 6.07) is 17.6. The number of aromatic nitrogens is 1. The van der Waals surface area contributed by atoms with E-state index < -0.39 is 0 Å². The first kappa shape index (κ1) is 19.2. The van der Waals surface area contributed by atoms with Crippen LogP contribution in [0.3, 0.4) is 0 Å². The number of fused-ring (bicyclic) bond motifs is 2. The average molecular weight is 408 g/mol. The summed E-state index contributed by atoms with van der Waals surface area (Å²) in [6.45, 7) is 0. The molecule has 1 heterocycles. The maximum Gasteiger partial charge on any atom is 0.144 e. The van der Waals surface area contributed by atoms with Gasteiger partial charge in [0.2, 0.25) is 0 Å². The minimum atomic E-state index is 0.648. The van der Waals surface area contributed by atoms with E-state index in [2.05, 4.69) is 5.32 Å². The second-order valence-corrected chi connectivity index (χ2v) is 7.35. The zero-order valence-corrected chi connectivity index (χ0v) is 17.5. The first-order chi connectivity index (χ1) is 14.0. The fourth-order valence-electron chi connectivity index (χ4n) is 3.51. The Morgan fingerprint density at radius 2 is 1.69 bits per heavy atom. The Bertz CT molecular complexity index is 1210. The van der Waals surface area contributed by atoms with E-state index in [0.29, 0.717) is 5.02 Å². The van der Waals surface area contributed by atoms with Crippen molar-refractivity contribution in [2.45, 2.75) is 0 Å². The molecule has 0 aliphatic carbocycles. The quantitative estimate of drug-likeness (QED) is 0.419. The highest BCUT2D eigenvalue weighted by Crippen LogP contribution is 2.40. The number of hydrogen-bond acceptors (Lipinski definition) is 5. The number of ether oxygens (including phenoxy) is 2. The molecule has 0 aliphatic heterocycles. The molecule has 148 valence electrons. The van der Waals surface area contributed by atoms with Gasteiger partial charge in [0, 0.05) is 36.3 Å². The second kappa shape index (κ2) is 7.68. The molecule has 4 aromatic rings. The monoisotopic (exact) mass is 407 g/mol. The van der Waals surface area contributed by atoms with Crippen LogP contribution in [0.15, 0.2) is 54.6 Å². The fourth-order valence-corrected chi connectivity index (χ4v) is 3.67. The van der Waals surface area contributed by atoms with E-state index in [1.807, 2.05) is 73.6 Å². The third-order valence-corrected chi connectivity index (χ3v) is 5.11. The number of methoxy groups -OCH3 is 2. The van der Waals surface area contributed by atoms with E-state index in [4.69, 9.17) is 26.1 Å². The van der Waals surface area contributed by atoms with Crippen molar-refractivity contribution in [3.8, 4) is 11.5 Å². The first-order valence-electron chi connectivity index (χ1n) is 9.20. The van der Waals surface area contributed by atoms with Crippen LogP contribution in [0, 0.1) is 0 Å². The normalized spacial score (nSPS) is 10.9. The van der Waals surface area contributed by atoms with Gasteiger partial charge in [0.05, 0.1) is 42.0 Å². The lowest BCUT2D eigenvalue weighted by atomic mass is 10.1. The molecule has 1 aromatic heterocycles. The van der Waals surface area contributed by atoms with Crippen LogP contribution >= 0.6 is 11.6 Å². The lowest BCUT2D eigenvalue weighted by Crippen LogP contribution is -2.10. The molecule has 4 rings (SSSR count). The van der Waals surface area contributed by atoms with E-state index in [-0.39, 0.29) is 0 Å². The third kappa shape index (κ3) is 3.49. The van der Waals surface area contributed by atoms with Gasteiger partial charge in [0.1, 0.15) is 11.5 Å². The molecule has 0 aliphatic rings. The zero-order chi connectivity index (χ0) is 20.5. The third-order valence-electron chi connectivity index (χ3n) is 4.88. The molecule has 0 unspecified atom stereocenters. The Morgan fingerprint density at radius 1 is 0.897 bits per heavy atom. The highest BCUT2D eigenvalue weighted by Gasteiger charge is 2.15. The average Bonchev–Trinajstić information content (AvgIpc) is 2.72. The molecule has 1 N–H and O–H groups in total. The number of rotatable bonds is 5. The van der Waals surface area contributed by atoms with Gasteiger partial charge in [0.25, 0.3) is 0 Å². The molecule has 0 radical (unpaired) electrons. The van der Waals surface area contributed by atoms with Crippen LogP contribution in [0.2, 0.25) is 5.02 Å². The van der Waals surface area contributed by atoms with E-state index in [1.165, 1.54) is 0 Å². The molecule has 0 spiro atoms. The zero-order valence-electron chi connectivity index (χ0n) is 16.8. The Kier molecular flexibility index (Phi) is 5.07. The Labute approximate surface area is 174 Å². The molecule has 6 heteroatoms. The molecule has 0 amide bonds. The van der Waals surface area contributed by atoms with Gasteiger partial charge < -0.3 is 19.7 Å². The Hall–Kier alpha value is -3.18. The summed E-state index contributed by atoms with van der Waals surface area (Å²) < 4.78 is 11.2. The first-order valence-corrected chi connectivity index (χ1v) is 9.58. The largest absolute Gasteiger partial charge is 0.496 e. The Balaban J connectivity index is 1.96. The molecular weight excluding hydrogens is 386 g/mol. The van der Waals surface area contributed by atoms with Gasteiger partial charge in [-0.3, -0.25) is 0 Å². The van der Waals surface area contributed by atoms with Crippen molar-refractivity contribution in [3.05, 3.63) is 59.6 Å². The molecule has 0 bridgehead atoms. The second-order valence-electron chi connectivity index (χ2n) is 6.91. The lowest BCUT2D eigenvalue weighted by Gasteiger charge is -2.19. The van der Waals surface area contributed by atoms with Gasteiger partial charge in [-0.25, -0.2) is 4.98 Å². The van der Waals surface area contributed by atoms with Gasteiger partial charge >= 0.3 is 0 Å². The van der Waals surface area contributed by atoms with Crippen molar-refractivity contribution in [2.75, 3.05) is 38.5 Å². The maximum absolute atomic E-state index is 6.22. The fraction of sp³-hybridized carbons (Fsp3) is 0.174. The summed E-state index contributed by atoms with van der Waals surface area (Å²) in [6.07, 6.45) is 0. The summed E-state index contributed by atoms with van der Waals surface area (Å²) in [5.41, 5.74) is 4.48. The van der Waals surface area contributed by atoms with Crippen LogP contribution in [-0.4, -0.2) is 33.3 Å². The van der Waals surface area contributed by atoms with Gasteiger partial charge in [-0.2, -0.15) is 0 Å². The number of benzene rings is 3. The molecule has 3 aromatic carbocycles. The molecule has 5 nitrogen and oxygen atoms in total. The van der Waals surface area contributed by atoms with Crippen molar-refractivity contribution in [1.82, 2.24) is 4.98 Å². The highest BCUT2D eigenvalue weighted by atomic mass is 35.5. The van der Waals surface area contributed by atoms with E-state index in [9.17, 15) is 0 Å².